The standard InChI is InChI=1S/C31H40N6O4/c1-20-25-15-22(8-11-27(25)35(2)34-20)18-33-30(39)28-16-23(14-21-6-9-24(41-3)10-7-21)19-37(28)31(40)26(32)17-29(38)36-12-4-5-13-36/h6-11,15,23,26,28H,4-5,12-14,16-19,32H2,1-3H3,(H,33,39). The minimum atomic E-state index is -0.978. The number of nitrogens with one attached hydrogen (secondary N) is 1. The zero-order valence-corrected chi connectivity index (χ0v) is 24.1. The maximum absolute atomic E-state index is 13.6. The number of aromatic nitrogens is 2. The molecule has 0 aliphatic carbocycles. The first-order chi connectivity index (χ1) is 19.7. The maximum Gasteiger partial charge on any atom is 0.243 e. The molecule has 3 atom stereocenters. The zero-order valence-electron chi connectivity index (χ0n) is 24.1. The van der Waals surface area contributed by atoms with E-state index in [0.29, 0.717) is 32.6 Å². The fraction of sp³-hybridized carbons (Fsp3) is 0.484. The first-order valence-corrected chi connectivity index (χ1v) is 14.4. The number of hydrogen-bond acceptors (Lipinski definition) is 6. The molecule has 218 valence electrons. The lowest BCUT2D eigenvalue weighted by atomic mass is 9.96. The second-order valence-electron chi connectivity index (χ2n) is 11.3. The Labute approximate surface area is 240 Å². The molecule has 2 aliphatic heterocycles. The first-order valence-electron chi connectivity index (χ1n) is 14.4. The molecule has 3 amide bonds. The minimum Gasteiger partial charge on any atom is -0.497 e. The van der Waals surface area contributed by atoms with Crippen molar-refractivity contribution in [3.8, 4) is 5.75 Å². The Kier molecular flexibility index (Phi) is 8.58. The third-order valence-electron chi connectivity index (χ3n) is 8.39. The van der Waals surface area contributed by atoms with Crippen LogP contribution < -0.4 is 15.8 Å². The molecular weight excluding hydrogens is 520 g/mol. The number of rotatable bonds is 9. The summed E-state index contributed by atoms with van der Waals surface area (Å²) in [4.78, 5) is 43.2. The number of likely N-dealkylation sites (tertiary alicyclic amines) is 2. The molecule has 3 N–H and O–H groups in total. The molecule has 0 radical (unpaired) electrons. The van der Waals surface area contributed by atoms with E-state index in [1.54, 1.807) is 16.9 Å². The Morgan fingerprint density at radius 2 is 1.80 bits per heavy atom. The first kappa shape index (κ1) is 28.6. The molecule has 3 unspecified atom stereocenters. The Morgan fingerprint density at radius 1 is 1.10 bits per heavy atom. The summed E-state index contributed by atoms with van der Waals surface area (Å²) < 4.78 is 7.11. The number of aryl methyl sites for hydroxylation is 2. The van der Waals surface area contributed by atoms with Gasteiger partial charge in [-0.2, -0.15) is 5.10 Å². The van der Waals surface area contributed by atoms with E-state index >= 15 is 0 Å². The van der Waals surface area contributed by atoms with Crippen LogP contribution in [0.15, 0.2) is 42.5 Å². The number of hydrogen-bond donors (Lipinski definition) is 2. The Hall–Kier alpha value is -3.92. The highest BCUT2D eigenvalue weighted by molar-refractivity contribution is 5.93. The fourth-order valence-electron chi connectivity index (χ4n) is 6.15. The van der Waals surface area contributed by atoms with E-state index in [1.807, 2.05) is 61.1 Å². The van der Waals surface area contributed by atoms with E-state index in [0.717, 1.165) is 52.7 Å². The molecule has 2 aliphatic rings. The van der Waals surface area contributed by atoms with Crippen LogP contribution >= 0.6 is 0 Å². The number of methoxy groups -OCH3 is 1. The summed E-state index contributed by atoms with van der Waals surface area (Å²) in [6.07, 6.45) is 3.15. The summed E-state index contributed by atoms with van der Waals surface area (Å²) in [5.74, 6) is 0.208. The van der Waals surface area contributed by atoms with Gasteiger partial charge in [0.2, 0.25) is 17.7 Å². The van der Waals surface area contributed by atoms with Crippen LogP contribution in [0.1, 0.15) is 42.5 Å². The smallest absolute Gasteiger partial charge is 0.243 e. The summed E-state index contributed by atoms with van der Waals surface area (Å²) in [6, 6.07) is 12.2. The van der Waals surface area contributed by atoms with Gasteiger partial charge in [0.1, 0.15) is 11.8 Å². The van der Waals surface area contributed by atoms with Crippen LogP contribution in [0.5, 0.6) is 5.75 Å². The molecule has 3 aromatic rings. The molecule has 1 aromatic heterocycles. The van der Waals surface area contributed by atoms with Gasteiger partial charge in [0.25, 0.3) is 0 Å². The van der Waals surface area contributed by atoms with Gasteiger partial charge < -0.3 is 25.6 Å². The summed E-state index contributed by atoms with van der Waals surface area (Å²) in [5, 5.41) is 8.57. The minimum absolute atomic E-state index is 0.0444. The lowest BCUT2D eigenvalue weighted by Crippen LogP contribution is -2.52. The Bertz CT molecular complexity index is 1410. The Morgan fingerprint density at radius 3 is 2.51 bits per heavy atom. The second-order valence-corrected chi connectivity index (χ2v) is 11.3. The van der Waals surface area contributed by atoms with Crippen molar-refractivity contribution in [2.24, 2.45) is 18.7 Å². The van der Waals surface area contributed by atoms with E-state index in [2.05, 4.69) is 10.4 Å². The average Bonchev–Trinajstić information content (AvgIpc) is 3.72. The van der Waals surface area contributed by atoms with Crippen LogP contribution in [-0.2, 0) is 34.4 Å². The largest absolute Gasteiger partial charge is 0.497 e. The predicted molar refractivity (Wildman–Crippen MR) is 156 cm³/mol. The molecule has 41 heavy (non-hydrogen) atoms. The van der Waals surface area contributed by atoms with Crippen molar-refractivity contribution in [1.29, 1.82) is 0 Å². The fourth-order valence-corrected chi connectivity index (χ4v) is 6.15. The second kappa shape index (κ2) is 12.3. The molecule has 0 spiro atoms. The number of benzene rings is 2. The van der Waals surface area contributed by atoms with Gasteiger partial charge in [0.05, 0.1) is 30.8 Å². The number of fused-ring (bicyclic) bond motifs is 1. The molecule has 2 saturated heterocycles. The molecule has 2 aromatic carbocycles. The Balaban J connectivity index is 1.28. The lowest BCUT2D eigenvalue weighted by molar-refractivity contribution is -0.141. The van der Waals surface area contributed by atoms with E-state index in [9.17, 15) is 14.4 Å². The summed E-state index contributed by atoms with van der Waals surface area (Å²) in [6.45, 7) is 4.14. The van der Waals surface area contributed by atoms with Crippen LogP contribution in [0, 0.1) is 12.8 Å². The van der Waals surface area contributed by atoms with Crippen LogP contribution in [0.4, 0.5) is 0 Å². The number of nitrogens with two attached hydrogens (primary N) is 1. The SMILES string of the molecule is COc1ccc(CC2CC(C(=O)NCc3ccc4c(c3)c(C)nn4C)N(C(=O)C(N)CC(=O)N3CCCC3)C2)cc1. The van der Waals surface area contributed by atoms with E-state index in [4.69, 9.17) is 10.5 Å². The van der Waals surface area contributed by atoms with Gasteiger partial charge in [-0.25, -0.2) is 0 Å². The third kappa shape index (κ3) is 6.37. The van der Waals surface area contributed by atoms with Crippen LogP contribution in [0.2, 0.25) is 0 Å². The van der Waals surface area contributed by atoms with Gasteiger partial charge in [-0.05, 0) is 73.9 Å². The normalized spacial score (nSPS) is 19.5. The number of ether oxygens (including phenoxy) is 1. The van der Waals surface area contributed by atoms with Gasteiger partial charge in [-0.1, -0.05) is 18.2 Å². The molecular formula is C31H40N6O4. The quantitative estimate of drug-likeness (QED) is 0.414. The highest BCUT2D eigenvalue weighted by Crippen LogP contribution is 2.29. The molecule has 0 bridgehead atoms. The predicted octanol–water partition coefficient (Wildman–Crippen LogP) is 2.31. The topological polar surface area (TPSA) is 123 Å². The van der Waals surface area contributed by atoms with Crippen LogP contribution in [0.3, 0.4) is 0 Å². The number of nitrogens with zero attached hydrogens (tertiary/aromatic N) is 4. The zero-order chi connectivity index (χ0) is 29.1. The van der Waals surface area contributed by atoms with Gasteiger partial charge in [-0.15, -0.1) is 0 Å². The molecule has 0 saturated carbocycles. The van der Waals surface area contributed by atoms with E-state index in [-0.39, 0.29) is 30.1 Å². The summed E-state index contributed by atoms with van der Waals surface area (Å²) in [7, 11) is 3.54. The van der Waals surface area contributed by atoms with Gasteiger partial charge >= 0.3 is 0 Å². The van der Waals surface area contributed by atoms with Crippen molar-refractivity contribution in [2.45, 2.75) is 57.7 Å². The number of amides is 3. The van der Waals surface area contributed by atoms with Crippen molar-refractivity contribution < 1.29 is 19.1 Å². The van der Waals surface area contributed by atoms with Crippen molar-refractivity contribution in [1.82, 2.24) is 24.9 Å². The van der Waals surface area contributed by atoms with Crippen molar-refractivity contribution >= 4 is 28.6 Å². The monoisotopic (exact) mass is 560 g/mol. The molecule has 10 nitrogen and oxygen atoms in total. The van der Waals surface area contributed by atoms with Gasteiger partial charge in [0.15, 0.2) is 0 Å². The number of carbonyl (C=O) groups is 3. The lowest BCUT2D eigenvalue weighted by Gasteiger charge is -2.27. The summed E-state index contributed by atoms with van der Waals surface area (Å²) >= 11 is 0. The molecule has 10 heteroatoms. The van der Waals surface area contributed by atoms with Crippen molar-refractivity contribution in [3.05, 3.63) is 59.3 Å². The van der Waals surface area contributed by atoms with Crippen molar-refractivity contribution in [2.75, 3.05) is 26.7 Å². The number of carbonyl (C=O) groups excluding carboxylic acids is 3. The third-order valence-corrected chi connectivity index (χ3v) is 8.39. The van der Waals surface area contributed by atoms with E-state index < -0.39 is 12.1 Å². The van der Waals surface area contributed by atoms with Gasteiger partial charge in [0, 0.05) is 38.6 Å². The van der Waals surface area contributed by atoms with E-state index in [1.165, 1.54) is 0 Å². The highest BCUT2D eigenvalue weighted by Gasteiger charge is 2.41. The summed E-state index contributed by atoms with van der Waals surface area (Å²) in [5.41, 5.74) is 10.3. The molecule has 2 fully saturated rings. The molecule has 3 heterocycles. The average molecular weight is 561 g/mol. The highest BCUT2D eigenvalue weighted by atomic mass is 16.5. The van der Waals surface area contributed by atoms with Crippen LogP contribution in [-0.4, -0.2) is 76.1 Å². The van der Waals surface area contributed by atoms with Crippen molar-refractivity contribution in [3.63, 3.8) is 0 Å². The van der Waals surface area contributed by atoms with Crippen LogP contribution in [0.25, 0.3) is 10.9 Å². The maximum atomic E-state index is 13.6. The van der Waals surface area contributed by atoms with Gasteiger partial charge in [-0.3, -0.25) is 19.1 Å². The molecule has 5 rings (SSSR count).